The first kappa shape index (κ1) is 19.9. The van der Waals surface area contributed by atoms with Gasteiger partial charge in [-0.05, 0) is 36.6 Å². The number of carbonyl (C=O) groups is 2. The summed E-state index contributed by atoms with van der Waals surface area (Å²) in [5.74, 6) is 1.35. The summed E-state index contributed by atoms with van der Waals surface area (Å²) < 4.78 is 10.6. The van der Waals surface area contributed by atoms with Crippen molar-refractivity contribution >= 4 is 11.9 Å². The number of hydrogen-bond acceptors (Lipinski definition) is 4. The zero-order chi connectivity index (χ0) is 19.1. The lowest BCUT2D eigenvalue weighted by molar-refractivity contribution is -0.131. The van der Waals surface area contributed by atoms with Crippen molar-refractivity contribution in [2.24, 2.45) is 0 Å². The number of nitrogens with one attached hydrogen (secondary N) is 1. The Balaban J connectivity index is 1.94. The number of urea groups is 1. The maximum atomic E-state index is 12.7. The fraction of sp³-hybridized carbons (Fsp3) is 0.579. The first-order chi connectivity index (χ1) is 12.5. The molecule has 1 aromatic rings. The number of piperazine rings is 1. The molecule has 1 heterocycles. The monoisotopic (exact) mass is 363 g/mol. The maximum Gasteiger partial charge on any atom is 0.317 e. The lowest BCUT2D eigenvalue weighted by Gasteiger charge is -2.35. The second-order valence-electron chi connectivity index (χ2n) is 6.41. The molecular weight excluding hydrogens is 334 g/mol. The van der Waals surface area contributed by atoms with Crippen LogP contribution in [0.3, 0.4) is 0 Å². The number of carbonyl (C=O) groups excluding carboxylic acids is 2. The minimum absolute atomic E-state index is 0.0466. The summed E-state index contributed by atoms with van der Waals surface area (Å²) in [5.41, 5.74) is 1.92. The van der Waals surface area contributed by atoms with Gasteiger partial charge >= 0.3 is 6.03 Å². The molecule has 1 aromatic carbocycles. The van der Waals surface area contributed by atoms with Crippen LogP contribution in [0.2, 0.25) is 0 Å². The average molecular weight is 363 g/mol. The maximum absolute atomic E-state index is 12.7. The molecule has 0 atom stereocenters. The molecule has 7 nitrogen and oxygen atoms in total. The second-order valence-corrected chi connectivity index (χ2v) is 6.41. The van der Waals surface area contributed by atoms with Crippen LogP contribution < -0.4 is 14.8 Å². The standard InChI is InChI=1S/C19H29N3O4/c1-5-6-20-19(24)22-9-7-21(8-10-22)18(23)13-15-12-17(26-4)16(25-3)11-14(15)2/h11-12H,5-10,13H2,1-4H3,(H,20,24). The second kappa shape index (κ2) is 9.31. The van der Waals surface area contributed by atoms with Gasteiger partial charge in [0.1, 0.15) is 0 Å². The minimum atomic E-state index is -0.0466. The van der Waals surface area contributed by atoms with E-state index in [1.54, 1.807) is 19.1 Å². The highest BCUT2D eigenvalue weighted by molar-refractivity contribution is 5.80. The van der Waals surface area contributed by atoms with Gasteiger partial charge < -0.3 is 24.6 Å². The van der Waals surface area contributed by atoms with E-state index in [1.807, 2.05) is 30.9 Å². The molecule has 7 heteroatoms. The van der Waals surface area contributed by atoms with E-state index in [4.69, 9.17) is 9.47 Å². The van der Waals surface area contributed by atoms with Crippen LogP contribution in [0.4, 0.5) is 4.79 Å². The van der Waals surface area contributed by atoms with Crippen molar-refractivity contribution in [3.05, 3.63) is 23.3 Å². The van der Waals surface area contributed by atoms with E-state index in [2.05, 4.69) is 5.32 Å². The summed E-state index contributed by atoms with van der Waals surface area (Å²) in [5, 5.41) is 2.87. The quantitative estimate of drug-likeness (QED) is 0.837. The van der Waals surface area contributed by atoms with Gasteiger partial charge in [-0.25, -0.2) is 4.79 Å². The van der Waals surface area contributed by atoms with Gasteiger partial charge in [-0.15, -0.1) is 0 Å². The third kappa shape index (κ3) is 4.80. The molecule has 0 bridgehead atoms. The van der Waals surface area contributed by atoms with Crippen LogP contribution in [0.1, 0.15) is 24.5 Å². The topological polar surface area (TPSA) is 71.1 Å². The first-order valence-corrected chi connectivity index (χ1v) is 9.02. The fourth-order valence-corrected chi connectivity index (χ4v) is 2.99. The fourth-order valence-electron chi connectivity index (χ4n) is 2.99. The predicted octanol–water partition coefficient (Wildman–Crippen LogP) is 1.82. The Hall–Kier alpha value is -2.44. The summed E-state index contributed by atoms with van der Waals surface area (Å²) in [4.78, 5) is 28.2. The zero-order valence-electron chi connectivity index (χ0n) is 16.1. The van der Waals surface area contributed by atoms with E-state index in [0.717, 1.165) is 17.5 Å². The van der Waals surface area contributed by atoms with Crippen molar-refractivity contribution in [3.63, 3.8) is 0 Å². The number of methoxy groups -OCH3 is 2. The van der Waals surface area contributed by atoms with Crippen LogP contribution in [-0.2, 0) is 11.2 Å². The van der Waals surface area contributed by atoms with Crippen molar-refractivity contribution in [3.8, 4) is 11.5 Å². The van der Waals surface area contributed by atoms with Gasteiger partial charge in [0, 0.05) is 32.7 Å². The molecule has 3 amide bonds. The van der Waals surface area contributed by atoms with Crippen molar-refractivity contribution in [1.82, 2.24) is 15.1 Å². The molecular formula is C19H29N3O4. The van der Waals surface area contributed by atoms with Crippen LogP contribution in [0.25, 0.3) is 0 Å². The Bertz CT molecular complexity index is 640. The van der Waals surface area contributed by atoms with E-state index < -0.39 is 0 Å². The van der Waals surface area contributed by atoms with Crippen molar-refractivity contribution in [2.45, 2.75) is 26.7 Å². The van der Waals surface area contributed by atoms with Gasteiger partial charge in [-0.3, -0.25) is 4.79 Å². The van der Waals surface area contributed by atoms with Crippen molar-refractivity contribution < 1.29 is 19.1 Å². The van der Waals surface area contributed by atoms with Crippen LogP contribution in [0, 0.1) is 6.92 Å². The average Bonchev–Trinajstić information content (AvgIpc) is 2.67. The number of nitrogens with zero attached hydrogens (tertiary/aromatic N) is 2. The molecule has 0 spiro atoms. The van der Waals surface area contributed by atoms with Crippen molar-refractivity contribution in [1.29, 1.82) is 0 Å². The Kier molecular flexibility index (Phi) is 7.12. The number of rotatable bonds is 6. The SMILES string of the molecule is CCCNC(=O)N1CCN(C(=O)Cc2cc(OC)c(OC)cc2C)CC1. The van der Waals surface area contributed by atoms with Crippen LogP contribution in [0.15, 0.2) is 12.1 Å². The largest absolute Gasteiger partial charge is 0.493 e. The first-order valence-electron chi connectivity index (χ1n) is 9.02. The van der Waals surface area contributed by atoms with Gasteiger partial charge in [-0.2, -0.15) is 0 Å². The number of amides is 3. The molecule has 144 valence electrons. The van der Waals surface area contributed by atoms with Crippen LogP contribution in [-0.4, -0.2) is 68.7 Å². The molecule has 0 saturated carbocycles. The number of benzene rings is 1. The smallest absolute Gasteiger partial charge is 0.317 e. The Morgan fingerprint density at radius 2 is 1.62 bits per heavy atom. The molecule has 1 fully saturated rings. The normalized spacial score (nSPS) is 14.2. The third-order valence-corrected chi connectivity index (χ3v) is 4.63. The molecule has 0 aromatic heterocycles. The number of hydrogen-bond donors (Lipinski definition) is 1. The molecule has 1 N–H and O–H groups in total. The van der Waals surface area contributed by atoms with E-state index >= 15 is 0 Å². The minimum Gasteiger partial charge on any atom is -0.493 e. The molecule has 0 radical (unpaired) electrons. The molecule has 2 rings (SSSR count). The van der Waals surface area contributed by atoms with Gasteiger partial charge in [0.05, 0.1) is 20.6 Å². The lowest BCUT2D eigenvalue weighted by Crippen LogP contribution is -2.53. The van der Waals surface area contributed by atoms with Gasteiger partial charge in [-0.1, -0.05) is 6.92 Å². The zero-order valence-corrected chi connectivity index (χ0v) is 16.1. The summed E-state index contributed by atoms with van der Waals surface area (Å²) >= 11 is 0. The van der Waals surface area contributed by atoms with Crippen molar-refractivity contribution in [2.75, 3.05) is 46.9 Å². The van der Waals surface area contributed by atoms with E-state index in [0.29, 0.717) is 50.6 Å². The van der Waals surface area contributed by atoms with E-state index in [9.17, 15) is 9.59 Å². The van der Waals surface area contributed by atoms with E-state index in [-0.39, 0.29) is 11.9 Å². The highest BCUT2D eigenvalue weighted by atomic mass is 16.5. The molecule has 0 unspecified atom stereocenters. The van der Waals surface area contributed by atoms with Gasteiger partial charge in [0.25, 0.3) is 0 Å². The summed E-state index contributed by atoms with van der Waals surface area (Å²) in [6.07, 6.45) is 1.23. The lowest BCUT2D eigenvalue weighted by atomic mass is 10.0. The Labute approximate surface area is 155 Å². The number of aryl methyl sites for hydroxylation is 1. The predicted molar refractivity (Wildman–Crippen MR) is 99.8 cm³/mol. The third-order valence-electron chi connectivity index (χ3n) is 4.63. The Morgan fingerprint density at radius 1 is 1.04 bits per heavy atom. The summed E-state index contributed by atoms with van der Waals surface area (Å²) in [6, 6.07) is 3.70. The molecule has 1 aliphatic heterocycles. The van der Waals surface area contributed by atoms with Gasteiger partial charge in [0.2, 0.25) is 5.91 Å². The molecule has 0 aliphatic carbocycles. The van der Waals surface area contributed by atoms with Crippen LogP contribution in [0.5, 0.6) is 11.5 Å². The molecule has 26 heavy (non-hydrogen) atoms. The van der Waals surface area contributed by atoms with Crippen LogP contribution >= 0.6 is 0 Å². The Morgan fingerprint density at radius 3 is 2.19 bits per heavy atom. The van der Waals surface area contributed by atoms with E-state index in [1.165, 1.54) is 0 Å². The highest BCUT2D eigenvalue weighted by Gasteiger charge is 2.24. The highest BCUT2D eigenvalue weighted by Crippen LogP contribution is 2.30. The summed E-state index contributed by atoms with van der Waals surface area (Å²) in [7, 11) is 3.18. The summed E-state index contributed by atoms with van der Waals surface area (Å²) in [6.45, 7) is 6.90. The number of ether oxygens (including phenoxy) is 2. The molecule has 1 aliphatic rings. The van der Waals surface area contributed by atoms with Gasteiger partial charge in [0.15, 0.2) is 11.5 Å². The molecule has 1 saturated heterocycles.